The molecule has 0 N–H and O–H groups in total. The van der Waals surface area contributed by atoms with Crippen molar-refractivity contribution in [2.75, 3.05) is 19.0 Å². The van der Waals surface area contributed by atoms with Crippen LogP contribution in [0.1, 0.15) is 23.2 Å². The molecule has 0 radical (unpaired) electrons. The Balaban J connectivity index is 2.02. The highest BCUT2D eigenvalue weighted by Gasteiger charge is 2.23. The minimum absolute atomic E-state index is 0.0219. The van der Waals surface area contributed by atoms with E-state index in [-0.39, 0.29) is 28.0 Å². The third-order valence-electron chi connectivity index (χ3n) is 3.19. The summed E-state index contributed by atoms with van der Waals surface area (Å²) in [5, 5.41) is 10.6. The lowest BCUT2D eigenvalue weighted by molar-refractivity contribution is -0.384. The van der Waals surface area contributed by atoms with Crippen LogP contribution in [0.15, 0.2) is 24.3 Å². The van der Waals surface area contributed by atoms with Gasteiger partial charge in [0.25, 0.3) is 5.69 Å². The van der Waals surface area contributed by atoms with Gasteiger partial charge >= 0.3 is 0 Å². The molecule has 6 nitrogen and oxygen atoms in total. The van der Waals surface area contributed by atoms with E-state index >= 15 is 0 Å². The SMILES string of the molecule is O=C(CS(=O)C1CCOCC1)c1cccc([N+](=O)[O-])c1. The number of nitro groups is 1. The molecule has 1 aliphatic rings. The summed E-state index contributed by atoms with van der Waals surface area (Å²) in [4.78, 5) is 22.1. The molecule has 108 valence electrons. The van der Waals surface area contributed by atoms with Crippen molar-refractivity contribution < 1.29 is 18.7 Å². The summed E-state index contributed by atoms with van der Waals surface area (Å²) in [6, 6.07) is 5.52. The molecule has 0 saturated carbocycles. The van der Waals surface area contributed by atoms with Crippen LogP contribution in [0.4, 0.5) is 5.69 Å². The molecule has 7 heteroatoms. The fraction of sp³-hybridized carbons (Fsp3) is 0.462. The first-order valence-electron chi connectivity index (χ1n) is 6.30. The second-order valence-corrected chi connectivity index (χ2v) is 6.28. The molecule has 0 aromatic heterocycles. The molecule has 1 aromatic carbocycles. The number of hydrogen-bond donors (Lipinski definition) is 0. The van der Waals surface area contributed by atoms with Crippen molar-refractivity contribution in [2.24, 2.45) is 0 Å². The number of carbonyl (C=O) groups excluding carboxylic acids is 1. The molecule has 1 saturated heterocycles. The van der Waals surface area contributed by atoms with Gasteiger partial charge in [-0.2, -0.15) is 0 Å². The Bertz CT molecular complexity index is 539. The molecular formula is C13H15NO5S. The molecule has 1 aromatic rings. The normalized spacial score (nSPS) is 17.6. The number of ether oxygens (including phenoxy) is 1. The molecule has 1 heterocycles. The highest BCUT2D eigenvalue weighted by atomic mass is 32.2. The van der Waals surface area contributed by atoms with E-state index < -0.39 is 15.7 Å². The highest BCUT2D eigenvalue weighted by Crippen LogP contribution is 2.17. The largest absolute Gasteiger partial charge is 0.381 e. The van der Waals surface area contributed by atoms with Crippen LogP contribution in [-0.4, -0.2) is 39.1 Å². The average molecular weight is 297 g/mol. The molecule has 0 bridgehead atoms. The van der Waals surface area contributed by atoms with Crippen molar-refractivity contribution in [1.29, 1.82) is 0 Å². The Morgan fingerprint density at radius 3 is 2.75 bits per heavy atom. The molecule has 1 atom stereocenters. The van der Waals surface area contributed by atoms with Crippen LogP contribution in [0.25, 0.3) is 0 Å². The zero-order chi connectivity index (χ0) is 14.5. The molecule has 1 fully saturated rings. The highest BCUT2D eigenvalue weighted by molar-refractivity contribution is 7.86. The summed E-state index contributed by atoms with van der Waals surface area (Å²) in [6.45, 7) is 1.14. The smallest absolute Gasteiger partial charge is 0.270 e. The predicted octanol–water partition coefficient (Wildman–Crippen LogP) is 1.71. The molecule has 1 unspecified atom stereocenters. The number of carbonyl (C=O) groups is 1. The second kappa shape index (κ2) is 6.71. The number of non-ortho nitro benzene ring substituents is 1. The van der Waals surface area contributed by atoms with Gasteiger partial charge in [0, 0.05) is 47.0 Å². The molecule has 0 aliphatic carbocycles. The number of benzene rings is 1. The van der Waals surface area contributed by atoms with Gasteiger partial charge < -0.3 is 4.74 Å². The third kappa shape index (κ3) is 3.71. The Morgan fingerprint density at radius 1 is 1.40 bits per heavy atom. The maximum absolute atomic E-state index is 12.1. The minimum Gasteiger partial charge on any atom is -0.381 e. The maximum atomic E-state index is 12.1. The maximum Gasteiger partial charge on any atom is 0.270 e. The van der Waals surface area contributed by atoms with E-state index in [4.69, 9.17) is 4.74 Å². The van der Waals surface area contributed by atoms with Gasteiger partial charge in [-0.15, -0.1) is 0 Å². The number of ketones is 1. The van der Waals surface area contributed by atoms with Gasteiger partial charge in [0.15, 0.2) is 5.78 Å². The van der Waals surface area contributed by atoms with E-state index in [0.717, 1.165) is 0 Å². The summed E-state index contributed by atoms with van der Waals surface area (Å²) < 4.78 is 17.3. The van der Waals surface area contributed by atoms with Crippen LogP contribution in [-0.2, 0) is 15.5 Å². The van der Waals surface area contributed by atoms with Crippen LogP contribution >= 0.6 is 0 Å². The molecule has 2 rings (SSSR count). The Morgan fingerprint density at radius 2 is 2.10 bits per heavy atom. The first-order chi connectivity index (χ1) is 9.58. The van der Waals surface area contributed by atoms with Crippen molar-refractivity contribution in [1.82, 2.24) is 0 Å². The van der Waals surface area contributed by atoms with Crippen LogP contribution in [0.3, 0.4) is 0 Å². The zero-order valence-corrected chi connectivity index (χ0v) is 11.6. The summed E-state index contributed by atoms with van der Waals surface area (Å²) in [5.41, 5.74) is 0.104. The minimum atomic E-state index is -1.25. The molecule has 1 aliphatic heterocycles. The Hall–Kier alpha value is -1.60. The predicted molar refractivity (Wildman–Crippen MR) is 74.3 cm³/mol. The lowest BCUT2D eigenvalue weighted by Crippen LogP contribution is -2.28. The van der Waals surface area contributed by atoms with Crippen molar-refractivity contribution in [3.63, 3.8) is 0 Å². The fourth-order valence-corrected chi connectivity index (χ4v) is 3.44. The number of nitro benzene ring substituents is 1. The van der Waals surface area contributed by atoms with Gasteiger partial charge in [-0.05, 0) is 12.8 Å². The van der Waals surface area contributed by atoms with E-state index in [1.807, 2.05) is 0 Å². The lowest BCUT2D eigenvalue weighted by Gasteiger charge is -2.20. The van der Waals surface area contributed by atoms with Gasteiger partial charge in [-0.1, -0.05) is 12.1 Å². The van der Waals surface area contributed by atoms with E-state index in [0.29, 0.717) is 26.1 Å². The first-order valence-corrected chi connectivity index (χ1v) is 7.68. The standard InChI is InChI=1S/C13H15NO5S/c15-13(9-20(18)12-4-6-19-7-5-12)10-2-1-3-11(8-10)14(16)17/h1-3,8,12H,4-7,9H2. The summed E-state index contributed by atoms with van der Waals surface area (Å²) in [7, 11) is -1.25. The topological polar surface area (TPSA) is 86.5 Å². The van der Waals surface area contributed by atoms with Crippen molar-refractivity contribution in [2.45, 2.75) is 18.1 Å². The fourth-order valence-electron chi connectivity index (χ4n) is 2.06. The number of nitrogens with zero attached hydrogens (tertiary/aromatic N) is 1. The van der Waals surface area contributed by atoms with Gasteiger partial charge in [0.1, 0.15) is 0 Å². The third-order valence-corrected chi connectivity index (χ3v) is 4.95. The zero-order valence-electron chi connectivity index (χ0n) is 10.8. The van der Waals surface area contributed by atoms with Crippen molar-refractivity contribution >= 4 is 22.3 Å². The summed E-state index contributed by atoms with van der Waals surface area (Å²) in [6.07, 6.45) is 1.38. The van der Waals surface area contributed by atoms with Crippen molar-refractivity contribution in [3.8, 4) is 0 Å². The van der Waals surface area contributed by atoms with Gasteiger partial charge in [-0.3, -0.25) is 19.1 Å². The molecular weight excluding hydrogens is 282 g/mol. The van der Waals surface area contributed by atoms with E-state index in [9.17, 15) is 19.1 Å². The molecule has 0 amide bonds. The summed E-state index contributed by atoms with van der Waals surface area (Å²) in [5.74, 6) is -0.412. The van der Waals surface area contributed by atoms with Crippen LogP contribution in [0, 0.1) is 10.1 Å². The van der Waals surface area contributed by atoms with E-state index in [1.54, 1.807) is 0 Å². The van der Waals surface area contributed by atoms with Crippen LogP contribution < -0.4 is 0 Å². The number of Topliss-reactive ketones (excluding diaryl/α,β-unsaturated/α-hetero) is 1. The molecule has 0 spiro atoms. The first kappa shape index (κ1) is 14.8. The summed E-state index contributed by atoms with van der Waals surface area (Å²) >= 11 is 0. The Labute approximate surface area is 118 Å². The van der Waals surface area contributed by atoms with Crippen molar-refractivity contribution in [3.05, 3.63) is 39.9 Å². The van der Waals surface area contributed by atoms with Gasteiger partial charge in [0.2, 0.25) is 0 Å². The Kier molecular flexibility index (Phi) is 4.97. The lowest BCUT2D eigenvalue weighted by atomic mass is 10.1. The quantitative estimate of drug-likeness (QED) is 0.469. The van der Waals surface area contributed by atoms with Crippen LogP contribution in [0.2, 0.25) is 0 Å². The molecule has 20 heavy (non-hydrogen) atoms. The van der Waals surface area contributed by atoms with Gasteiger partial charge in [-0.25, -0.2) is 0 Å². The van der Waals surface area contributed by atoms with Crippen LogP contribution in [0.5, 0.6) is 0 Å². The number of hydrogen-bond acceptors (Lipinski definition) is 5. The monoisotopic (exact) mass is 297 g/mol. The second-order valence-electron chi connectivity index (χ2n) is 4.57. The van der Waals surface area contributed by atoms with E-state index in [1.165, 1.54) is 24.3 Å². The van der Waals surface area contributed by atoms with E-state index in [2.05, 4.69) is 0 Å². The number of rotatable bonds is 5. The van der Waals surface area contributed by atoms with Gasteiger partial charge in [0.05, 0.1) is 10.7 Å². The average Bonchev–Trinajstić information content (AvgIpc) is 2.48.